The van der Waals surface area contributed by atoms with Crippen LogP contribution >= 0.6 is 11.3 Å². The number of carbonyl (C=O) groups is 4. The zero-order valence-electron chi connectivity index (χ0n) is 25.9. The van der Waals surface area contributed by atoms with Crippen LogP contribution in [-0.2, 0) is 17.6 Å². The molecule has 1 heterocycles. The molecule has 236 valence electrons. The van der Waals surface area contributed by atoms with Gasteiger partial charge in [-0.2, -0.15) is 0 Å². The Hall–Kier alpha value is -4.65. The molecule has 1 atom stereocenters. The van der Waals surface area contributed by atoms with Crippen molar-refractivity contribution in [1.82, 2.24) is 15.2 Å². The maximum absolute atomic E-state index is 13.1. The lowest BCUT2D eigenvalue weighted by Crippen LogP contribution is -2.76. The second-order valence-electron chi connectivity index (χ2n) is 12.3. The van der Waals surface area contributed by atoms with Crippen molar-refractivity contribution in [2.75, 3.05) is 16.0 Å². The zero-order valence-corrected chi connectivity index (χ0v) is 26.8. The van der Waals surface area contributed by atoms with Crippen LogP contribution in [0.2, 0.25) is 0 Å². The van der Waals surface area contributed by atoms with E-state index in [9.17, 15) is 29.4 Å². The Morgan fingerprint density at radius 3 is 1.95 bits per heavy atom. The third-order valence-electron chi connectivity index (χ3n) is 6.72. The lowest BCUT2D eigenvalue weighted by atomic mass is 9.82. The predicted molar refractivity (Wildman–Crippen MR) is 171 cm³/mol. The van der Waals surface area contributed by atoms with Crippen LogP contribution in [0, 0.1) is 5.41 Å². The first kappa shape index (κ1) is 33.8. The highest BCUT2D eigenvalue weighted by atomic mass is 32.1. The summed E-state index contributed by atoms with van der Waals surface area (Å²) in [7, 11) is 0. The molecule has 0 aliphatic heterocycles. The number of nitrogens with one attached hydrogen (secondary N) is 4. The SMILES string of the molecule is CC(=O)Nc1nc(CCc2ccc(NC(NC(=O)O)(N(C(=O)O)C(C)(C)C)C(C)(C)C)cc2)c(C(=O)Nc2ccccc2)s1. The summed E-state index contributed by atoms with van der Waals surface area (Å²) in [6.45, 7) is 11.7. The molecule has 6 N–H and O–H groups in total. The number of rotatable bonds is 10. The van der Waals surface area contributed by atoms with Gasteiger partial charge in [-0.25, -0.2) is 14.6 Å². The number of anilines is 3. The zero-order chi connectivity index (χ0) is 32.9. The van der Waals surface area contributed by atoms with Crippen LogP contribution in [0.1, 0.15) is 69.4 Å². The van der Waals surface area contributed by atoms with Gasteiger partial charge in [0.2, 0.25) is 11.7 Å². The monoisotopic (exact) mass is 624 g/mol. The molecule has 0 saturated heterocycles. The molecule has 3 aromatic rings. The van der Waals surface area contributed by atoms with E-state index in [4.69, 9.17) is 0 Å². The van der Waals surface area contributed by atoms with E-state index < -0.39 is 28.9 Å². The lowest BCUT2D eigenvalue weighted by molar-refractivity contribution is -0.114. The molecule has 44 heavy (non-hydrogen) atoms. The second-order valence-corrected chi connectivity index (χ2v) is 13.3. The van der Waals surface area contributed by atoms with Gasteiger partial charge in [-0.1, -0.05) is 62.4 Å². The molecule has 1 aromatic heterocycles. The Kier molecular flexibility index (Phi) is 10.3. The Balaban J connectivity index is 1.87. The van der Waals surface area contributed by atoms with Crippen molar-refractivity contribution in [3.63, 3.8) is 0 Å². The molecule has 0 fully saturated rings. The Labute approximate surface area is 260 Å². The minimum absolute atomic E-state index is 0.292. The van der Waals surface area contributed by atoms with E-state index in [-0.39, 0.29) is 11.8 Å². The van der Waals surface area contributed by atoms with E-state index in [1.807, 2.05) is 30.3 Å². The Morgan fingerprint density at radius 1 is 0.841 bits per heavy atom. The number of para-hydroxylation sites is 1. The Morgan fingerprint density at radius 2 is 1.45 bits per heavy atom. The minimum Gasteiger partial charge on any atom is -0.465 e. The van der Waals surface area contributed by atoms with Crippen LogP contribution in [0.5, 0.6) is 0 Å². The third kappa shape index (κ3) is 8.25. The van der Waals surface area contributed by atoms with Crippen LogP contribution < -0.4 is 21.3 Å². The van der Waals surface area contributed by atoms with Gasteiger partial charge in [0.25, 0.3) is 5.91 Å². The summed E-state index contributed by atoms with van der Waals surface area (Å²) in [5, 5.41) is 31.5. The van der Waals surface area contributed by atoms with E-state index >= 15 is 0 Å². The van der Waals surface area contributed by atoms with Gasteiger partial charge in [-0.05, 0) is 63.4 Å². The van der Waals surface area contributed by atoms with Crippen LogP contribution in [-0.4, -0.2) is 55.4 Å². The fourth-order valence-corrected chi connectivity index (χ4v) is 5.73. The van der Waals surface area contributed by atoms with Crippen molar-refractivity contribution >= 4 is 51.8 Å². The number of thiazole rings is 1. The van der Waals surface area contributed by atoms with Gasteiger partial charge in [0.1, 0.15) is 4.88 Å². The molecule has 4 amide bonds. The third-order valence-corrected chi connectivity index (χ3v) is 7.73. The summed E-state index contributed by atoms with van der Waals surface area (Å²) >= 11 is 1.10. The highest BCUT2D eigenvalue weighted by Crippen LogP contribution is 2.39. The van der Waals surface area contributed by atoms with Gasteiger partial charge in [0.05, 0.1) is 5.69 Å². The maximum atomic E-state index is 13.1. The number of carbonyl (C=O) groups excluding carboxylic acids is 2. The maximum Gasteiger partial charge on any atom is 0.411 e. The fourth-order valence-electron chi connectivity index (χ4n) is 4.78. The molecular weight excluding hydrogens is 584 g/mol. The normalized spacial score (nSPS) is 12.9. The number of amides is 4. The van der Waals surface area contributed by atoms with Gasteiger partial charge in [0, 0.05) is 29.3 Å². The number of hydrogen-bond donors (Lipinski definition) is 6. The van der Waals surface area contributed by atoms with Crippen LogP contribution in [0.25, 0.3) is 0 Å². The van der Waals surface area contributed by atoms with Crippen molar-refractivity contribution in [1.29, 1.82) is 0 Å². The minimum atomic E-state index is -1.73. The molecular formula is C31H40N6O6S. The quantitative estimate of drug-likeness (QED) is 0.143. The van der Waals surface area contributed by atoms with Crippen LogP contribution in [0.15, 0.2) is 54.6 Å². The Bertz CT molecular complexity index is 1490. The molecule has 0 spiro atoms. The highest BCUT2D eigenvalue weighted by Gasteiger charge is 2.54. The fraction of sp³-hybridized carbons (Fsp3) is 0.387. The van der Waals surface area contributed by atoms with Gasteiger partial charge in [-0.3, -0.25) is 19.8 Å². The van der Waals surface area contributed by atoms with Crippen LogP contribution in [0.3, 0.4) is 0 Å². The molecule has 13 heteroatoms. The van der Waals surface area contributed by atoms with Crippen molar-refractivity contribution in [3.05, 3.63) is 70.7 Å². The summed E-state index contributed by atoms with van der Waals surface area (Å²) in [6, 6.07) is 16.2. The van der Waals surface area contributed by atoms with Gasteiger partial charge in [-0.15, -0.1) is 0 Å². The average molecular weight is 625 g/mol. The summed E-state index contributed by atoms with van der Waals surface area (Å²) < 4.78 is 0. The molecule has 2 aromatic carbocycles. The summed E-state index contributed by atoms with van der Waals surface area (Å²) in [5.74, 6) is -2.35. The summed E-state index contributed by atoms with van der Waals surface area (Å²) in [5.41, 5.74) is 0.674. The molecule has 3 rings (SSSR count). The van der Waals surface area contributed by atoms with E-state index in [2.05, 4.69) is 26.3 Å². The number of aromatic nitrogens is 1. The predicted octanol–water partition coefficient (Wildman–Crippen LogP) is 6.30. The number of nitrogens with zero attached hydrogens (tertiary/aromatic N) is 2. The van der Waals surface area contributed by atoms with Crippen molar-refractivity contribution in [3.8, 4) is 0 Å². The average Bonchev–Trinajstić information content (AvgIpc) is 3.28. The standard InChI is InChI=1S/C31H40N6O6S/c1-19(38)32-26-34-23(24(44-26)25(39)33-21-11-9-8-10-12-21)18-15-20-13-16-22(17-14-20)35-31(29(2,3)4,36-27(40)41)37(28(42)43)30(5,6)7/h8-14,16-17,35-36H,15,18H2,1-7H3,(H,33,39)(H,40,41)(H,42,43)(H,32,34,38). The number of hydrogen-bond acceptors (Lipinski definition) is 7. The van der Waals surface area contributed by atoms with Crippen molar-refractivity contribution in [2.45, 2.75) is 72.6 Å². The molecule has 0 aliphatic rings. The smallest absolute Gasteiger partial charge is 0.411 e. The number of aryl methyl sites for hydroxylation is 2. The summed E-state index contributed by atoms with van der Waals surface area (Å²) in [6.07, 6.45) is -1.76. The van der Waals surface area contributed by atoms with Gasteiger partial charge >= 0.3 is 12.2 Å². The lowest BCUT2D eigenvalue weighted by Gasteiger charge is -2.55. The molecule has 0 saturated carbocycles. The molecule has 1 unspecified atom stereocenters. The van der Waals surface area contributed by atoms with Crippen molar-refractivity contribution < 1.29 is 29.4 Å². The molecule has 0 aliphatic carbocycles. The topological polar surface area (TPSA) is 173 Å². The van der Waals surface area contributed by atoms with E-state index in [1.54, 1.807) is 65.8 Å². The van der Waals surface area contributed by atoms with E-state index in [1.165, 1.54) is 6.92 Å². The first-order valence-electron chi connectivity index (χ1n) is 14.0. The van der Waals surface area contributed by atoms with E-state index in [0.29, 0.717) is 39.9 Å². The highest BCUT2D eigenvalue weighted by molar-refractivity contribution is 7.17. The van der Waals surface area contributed by atoms with E-state index in [0.717, 1.165) is 21.8 Å². The van der Waals surface area contributed by atoms with Crippen LogP contribution in [0.4, 0.5) is 26.1 Å². The molecule has 12 nitrogen and oxygen atoms in total. The number of benzene rings is 2. The van der Waals surface area contributed by atoms with Gasteiger partial charge in [0.15, 0.2) is 5.13 Å². The first-order chi connectivity index (χ1) is 20.4. The molecule has 0 bridgehead atoms. The first-order valence-corrected chi connectivity index (χ1v) is 14.8. The van der Waals surface area contributed by atoms with Gasteiger partial charge < -0.3 is 26.2 Å². The summed E-state index contributed by atoms with van der Waals surface area (Å²) in [4.78, 5) is 55.2. The number of carboxylic acid groups (broad SMARTS) is 2. The largest absolute Gasteiger partial charge is 0.465 e. The second kappa shape index (κ2) is 13.3. The van der Waals surface area contributed by atoms with Crippen molar-refractivity contribution in [2.24, 2.45) is 5.41 Å². The molecule has 0 radical (unpaired) electrons.